The molecule has 0 bridgehead atoms. The van der Waals surface area contributed by atoms with Gasteiger partial charge in [-0.1, -0.05) is 111 Å². The summed E-state index contributed by atoms with van der Waals surface area (Å²) in [6.07, 6.45) is 20.3. The lowest BCUT2D eigenvalue weighted by molar-refractivity contribution is 0.737. The number of benzene rings is 1. The van der Waals surface area contributed by atoms with E-state index in [4.69, 9.17) is 0 Å². The van der Waals surface area contributed by atoms with E-state index in [1.54, 1.807) is 0 Å². The second-order valence-electron chi connectivity index (χ2n) is 6.61. The highest BCUT2D eigenvalue weighted by atomic mass is 14.5. The van der Waals surface area contributed by atoms with Crippen LogP contribution < -0.4 is 0 Å². The molecule has 0 aliphatic heterocycles. The SMILES string of the molecule is C=C/C=C\C1=C(C)C(C(/C=C\C=C)=C/C=C)(c2ccccc2)C(=C/C)/C1=C\C. The van der Waals surface area contributed by atoms with Gasteiger partial charge in [0.15, 0.2) is 0 Å². The van der Waals surface area contributed by atoms with Crippen LogP contribution >= 0.6 is 0 Å². The van der Waals surface area contributed by atoms with Gasteiger partial charge in [-0.05, 0) is 54.2 Å². The van der Waals surface area contributed by atoms with Crippen molar-refractivity contribution in [2.24, 2.45) is 0 Å². The van der Waals surface area contributed by atoms with Crippen molar-refractivity contribution in [2.45, 2.75) is 26.2 Å². The Kier molecular flexibility index (Phi) is 7.35. The smallest absolute Gasteiger partial charge is 0.0670 e. The second kappa shape index (κ2) is 9.71. The van der Waals surface area contributed by atoms with Gasteiger partial charge in [0.2, 0.25) is 0 Å². The highest BCUT2D eigenvalue weighted by Crippen LogP contribution is 2.56. The summed E-state index contributed by atoms with van der Waals surface area (Å²) >= 11 is 0. The topological polar surface area (TPSA) is 0 Å². The molecule has 0 radical (unpaired) electrons. The van der Waals surface area contributed by atoms with Crippen molar-refractivity contribution in [3.63, 3.8) is 0 Å². The molecule has 1 aromatic carbocycles. The van der Waals surface area contributed by atoms with E-state index in [0.717, 1.165) is 0 Å². The minimum atomic E-state index is -0.383. The van der Waals surface area contributed by atoms with Gasteiger partial charge >= 0.3 is 0 Å². The molecule has 1 unspecified atom stereocenters. The van der Waals surface area contributed by atoms with Crippen LogP contribution in [0.2, 0.25) is 0 Å². The largest absolute Gasteiger partial charge is 0.0991 e. The Hall–Kier alpha value is -3.12. The molecular formula is C28H30. The van der Waals surface area contributed by atoms with Crippen LogP contribution in [-0.4, -0.2) is 0 Å². The van der Waals surface area contributed by atoms with Crippen molar-refractivity contribution in [3.05, 3.63) is 144 Å². The summed E-state index contributed by atoms with van der Waals surface area (Å²) in [5, 5.41) is 0. The molecule has 142 valence electrons. The summed E-state index contributed by atoms with van der Waals surface area (Å²) in [6, 6.07) is 10.7. The molecule has 1 aromatic rings. The van der Waals surface area contributed by atoms with Crippen LogP contribution in [0.1, 0.15) is 26.3 Å². The molecule has 0 heterocycles. The Morgan fingerprint density at radius 2 is 1.57 bits per heavy atom. The van der Waals surface area contributed by atoms with E-state index in [1.807, 2.05) is 30.4 Å². The number of hydrogen-bond donors (Lipinski definition) is 0. The van der Waals surface area contributed by atoms with Gasteiger partial charge in [0, 0.05) is 0 Å². The van der Waals surface area contributed by atoms with Gasteiger partial charge in [-0.3, -0.25) is 0 Å². The van der Waals surface area contributed by atoms with Gasteiger partial charge in [0.25, 0.3) is 0 Å². The molecule has 0 nitrogen and oxygen atoms in total. The van der Waals surface area contributed by atoms with E-state index in [-0.39, 0.29) is 5.41 Å². The Morgan fingerprint density at radius 1 is 0.893 bits per heavy atom. The standard InChI is InChI=1S/C28H30/c1-7-12-18-23(17-9-3)28(24-19-15-14-16-20-24)22(6)26(21-13-8-2)25(10-4)27(28)11-5/h7-21H,1-3H2,4-6H3/b18-12-,21-13-,23-17+,25-10-,27-11+. The molecule has 0 saturated carbocycles. The van der Waals surface area contributed by atoms with Crippen LogP contribution in [0.15, 0.2) is 139 Å². The van der Waals surface area contributed by atoms with Gasteiger partial charge in [-0.25, -0.2) is 0 Å². The van der Waals surface area contributed by atoms with E-state index >= 15 is 0 Å². The first-order chi connectivity index (χ1) is 13.6. The summed E-state index contributed by atoms with van der Waals surface area (Å²) < 4.78 is 0. The first kappa shape index (κ1) is 21.2. The van der Waals surface area contributed by atoms with Crippen molar-refractivity contribution in [1.29, 1.82) is 0 Å². The fraction of sp³-hybridized carbons (Fsp3) is 0.143. The molecular weight excluding hydrogens is 336 g/mol. The molecule has 1 atom stereocenters. The third-order valence-electron chi connectivity index (χ3n) is 5.28. The van der Waals surface area contributed by atoms with Crippen molar-refractivity contribution in [3.8, 4) is 0 Å². The average molecular weight is 367 g/mol. The van der Waals surface area contributed by atoms with Crippen molar-refractivity contribution in [1.82, 2.24) is 0 Å². The summed E-state index contributed by atoms with van der Waals surface area (Å²) in [5.41, 5.74) is 7.09. The molecule has 0 aromatic heterocycles. The minimum Gasteiger partial charge on any atom is -0.0991 e. The lowest BCUT2D eigenvalue weighted by atomic mass is 9.66. The molecule has 0 N–H and O–H groups in total. The van der Waals surface area contributed by atoms with Gasteiger partial charge in [-0.2, -0.15) is 0 Å². The van der Waals surface area contributed by atoms with Gasteiger partial charge < -0.3 is 0 Å². The molecule has 0 heteroatoms. The van der Waals surface area contributed by atoms with Crippen molar-refractivity contribution >= 4 is 0 Å². The second-order valence-corrected chi connectivity index (χ2v) is 6.61. The Morgan fingerprint density at radius 3 is 2.11 bits per heavy atom. The van der Waals surface area contributed by atoms with Crippen LogP contribution in [0.4, 0.5) is 0 Å². The van der Waals surface area contributed by atoms with Crippen LogP contribution in [0.3, 0.4) is 0 Å². The van der Waals surface area contributed by atoms with E-state index in [9.17, 15) is 0 Å². The monoisotopic (exact) mass is 366 g/mol. The van der Waals surface area contributed by atoms with Crippen LogP contribution in [0.25, 0.3) is 0 Å². The molecule has 28 heavy (non-hydrogen) atoms. The molecule has 0 saturated heterocycles. The number of rotatable bonds is 7. The van der Waals surface area contributed by atoms with E-state index < -0.39 is 0 Å². The Labute approximate surface area is 170 Å². The molecule has 0 spiro atoms. The zero-order valence-corrected chi connectivity index (χ0v) is 17.3. The van der Waals surface area contributed by atoms with Gasteiger partial charge in [0.1, 0.15) is 0 Å². The first-order valence-electron chi connectivity index (χ1n) is 9.65. The summed E-state index contributed by atoms with van der Waals surface area (Å²) in [4.78, 5) is 0. The molecule has 1 aliphatic rings. The molecule has 1 aliphatic carbocycles. The lowest BCUT2D eigenvalue weighted by Gasteiger charge is -2.36. The average Bonchev–Trinajstić information content (AvgIpc) is 2.97. The lowest BCUT2D eigenvalue weighted by Crippen LogP contribution is -2.29. The predicted octanol–water partition coefficient (Wildman–Crippen LogP) is 7.74. The van der Waals surface area contributed by atoms with Crippen LogP contribution in [0, 0.1) is 0 Å². The minimum absolute atomic E-state index is 0.383. The third kappa shape index (κ3) is 3.51. The maximum Gasteiger partial charge on any atom is 0.0670 e. The zero-order chi connectivity index (χ0) is 20.6. The fourth-order valence-corrected chi connectivity index (χ4v) is 4.22. The van der Waals surface area contributed by atoms with Gasteiger partial charge in [-0.15, -0.1) is 0 Å². The van der Waals surface area contributed by atoms with E-state index in [0.29, 0.717) is 0 Å². The Balaban J connectivity index is 3.04. The summed E-state index contributed by atoms with van der Waals surface area (Å²) in [7, 11) is 0. The van der Waals surface area contributed by atoms with Crippen molar-refractivity contribution < 1.29 is 0 Å². The molecule has 0 amide bonds. The normalized spacial score (nSPS) is 23.3. The quantitative estimate of drug-likeness (QED) is 0.433. The third-order valence-corrected chi connectivity index (χ3v) is 5.28. The highest BCUT2D eigenvalue weighted by molar-refractivity contribution is 5.76. The number of hydrogen-bond acceptors (Lipinski definition) is 0. The maximum absolute atomic E-state index is 3.97. The van der Waals surface area contributed by atoms with Crippen LogP contribution in [0.5, 0.6) is 0 Å². The fourth-order valence-electron chi connectivity index (χ4n) is 4.22. The summed E-state index contributed by atoms with van der Waals surface area (Å²) in [5.74, 6) is 0. The van der Waals surface area contributed by atoms with Gasteiger partial charge in [0.05, 0.1) is 5.41 Å². The first-order valence-corrected chi connectivity index (χ1v) is 9.65. The predicted molar refractivity (Wildman–Crippen MR) is 125 cm³/mol. The maximum atomic E-state index is 3.97. The highest BCUT2D eigenvalue weighted by Gasteiger charge is 2.47. The number of allylic oxidation sites excluding steroid dienone is 15. The molecule has 2 rings (SSSR count). The van der Waals surface area contributed by atoms with E-state index in [1.165, 1.54) is 33.4 Å². The van der Waals surface area contributed by atoms with E-state index in [2.05, 4.69) is 101 Å². The summed E-state index contributed by atoms with van der Waals surface area (Å²) in [6.45, 7) is 18.1. The molecule has 0 fully saturated rings. The zero-order valence-electron chi connectivity index (χ0n) is 17.3. The van der Waals surface area contributed by atoms with Crippen molar-refractivity contribution in [2.75, 3.05) is 0 Å². The van der Waals surface area contributed by atoms with Crippen LogP contribution in [-0.2, 0) is 5.41 Å². The Bertz CT molecular complexity index is 924.